The number of rotatable bonds is 9. The van der Waals surface area contributed by atoms with Crippen molar-refractivity contribution in [3.8, 4) is 6.07 Å². The lowest BCUT2D eigenvalue weighted by molar-refractivity contribution is -0.131. The summed E-state index contributed by atoms with van der Waals surface area (Å²) in [6.45, 7) is 1.43. The van der Waals surface area contributed by atoms with Crippen LogP contribution in [0.3, 0.4) is 0 Å². The zero-order chi connectivity index (χ0) is 28.5. The van der Waals surface area contributed by atoms with Gasteiger partial charge in [0.2, 0.25) is 11.8 Å². The van der Waals surface area contributed by atoms with Crippen LogP contribution in [-0.2, 0) is 16.0 Å². The van der Waals surface area contributed by atoms with Crippen LogP contribution in [-0.4, -0.2) is 53.6 Å². The SMILES string of the molecule is N#Cc1ccc(CC(C(=O)N[C@H](C(=O)NCC2CCN(C(=O)O)CC2)C2CCCCC2)c2cccc(Br)c2)cc1. The first-order chi connectivity index (χ1) is 19.3. The second-order valence-corrected chi connectivity index (χ2v) is 11.9. The number of carbonyl (C=O) groups is 3. The summed E-state index contributed by atoms with van der Waals surface area (Å²) in [6.07, 6.45) is 5.97. The number of benzene rings is 2. The molecule has 2 fully saturated rings. The zero-order valence-electron chi connectivity index (χ0n) is 22.7. The molecule has 9 heteroatoms. The minimum Gasteiger partial charge on any atom is -0.465 e. The van der Waals surface area contributed by atoms with E-state index in [1.54, 1.807) is 12.1 Å². The van der Waals surface area contributed by atoms with Crippen molar-refractivity contribution in [1.29, 1.82) is 5.26 Å². The van der Waals surface area contributed by atoms with Crippen molar-refractivity contribution in [2.24, 2.45) is 11.8 Å². The van der Waals surface area contributed by atoms with Crippen LogP contribution < -0.4 is 10.6 Å². The second-order valence-electron chi connectivity index (χ2n) is 11.0. The number of nitrogens with zero attached hydrogens (tertiary/aromatic N) is 2. The molecule has 1 aliphatic heterocycles. The normalized spacial score (nSPS) is 17.9. The third kappa shape index (κ3) is 8.07. The average molecular weight is 610 g/mol. The zero-order valence-corrected chi connectivity index (χ0v) is 24.2. The maximum absolute atomic E-state index is 13.9. The standard InChI is InChI=1S/C31H37BrN4O4/c32-26-8-4-7-25(18-26)27(17-21-9-11-22(19-33)12-10-21)29(37)35-28(24-5-2-1-3-6-24)30(38)34-20-23-13-15-36(16-14-23)31(39)40/h4,7-12,18,23-24,27-28H,1-3,5-6,13-17,20H2,(H,34,38)(H,35,37)(H,39,40)/t27?,28-/m0/s1. The fourth-order valence-corrected chi connectivity index (χ4v) is 6.26. The number of amides is 3. The highest BCUT2D eigenvalue weighted by Gasteiger charge is 2.34. The second kappa shape index (κ2) is 14.3. The quantitative estimate of drug-likeness (QED) is 0.360. The molecule has 2 aromatic rings. The largest absolute Gasteiger partial charge is 0.465 e. The van der Waals surface area contributed by atoms with Gasteiger partial charge >= 0.3 is 6.09 Å². The van der Waals surface area contributed by atoms with E-state index in [4.69, 9.17) is 5.26 Å². The molecule has 1 saturated heterocycles. The van der Waals surface area contributed by atoms with Crippen LogP contribution in [0.15, 0.2) is 53.0 Å². The van der Waals surface area contributed by atoms with Crippen molar-refractivity contribution in [2.75, 3.05) is 19.6 Å². The fraction of sp³-hybridized carbons (Fsp3) is 0.484. The van der Waals surface area contributed by atoms with Gasteiger partial charge in [0, 0.05) is 24.1 Å². The Balaban J connectivity index is 1.49. The molecule has 3 amide bonds. The molecule has 1 aliphatic carbocycles. The van der Waals surface area contributed by atoms with Crippen LogP contribution in [0.2, 0.25) is 0 Å². The van der Waals surface area contributed by atoms with Crippen molar-refractivity contribution < 1.29 is 19.5 Å². The number of likely N-dealkylation sites (tertiary alicyclic amines) is 1. The van der Waals surface area contributed by atoms with Crippen LogP contribution in [0.5, 0.6) is 0 Å². The van der Waals surface area contributed by atoms with Gasteiger partial charge in [0.25, 0.3) is 0 Å². The number of piperidine rings is 1. The van der Waals surface area contributed by atoms with E-state index in [1.165, 1.54) is 4.90 Å². The van der Waals surface area contributed by atoms with Crippen molar-refractivity contribution in [1.82, 2.24) is 15.5 Å². The summed E-state index contributed by atoms with van der Waals surface area (Å²) in [6, 6.07) is 16.4. The summed E-state index contributed by atoms with van der Waals surface area (Å²) in [5, 5.41) is 24.6. The Morgan fingerprint density at radius 1 is 1.00 bits per heavy atom. The molecular weight excluding hydrogens is 572 g/mol. The van der Waals surface area contributed by atoms with E-state index in [0.717, 1.165) is 47.7 Å². The molecule has 0 spiro atoms. The number of hydrogen-bond acceptors (Lipinski definition) is 4. The summed E-state index contributed by atoms with van der Waals surface area (Å²) in [5.74, 6) is -0.572. The smallest absolute Gasteiger partial charge is 0.407 e. The maximum atomic E-state index is 13.9. The number of nitrogens with one attached hydrogen (secondary N) is 2. The van der Waals surface area contributed by atoms with E-state index in [0.29, 0.717) is 44.5 Å². The van der Waals surface area contributed by atoms with Crippen LogP contribution in [0, 0.1) is 23.2 Å². The average Bonchev–Trinajstić information content (AvgIpc) is 2.98. The lowest BCUT2D eigenvalue weighted by Crippen LogP contribution is -2.53. The predicted octanol–water partition coefficient (Wildman–Crippen LogP) is 5.22. The lowest BCUT2D eigenvalue weighted by atomic mass is 9.82. The first-order valence-electron chi connectivity index (χ1n) is 14.1. The fourth-order valence-electron chi connectivity index (χ4n) is 5.84. The molecule has 2 aromatic carbocycles. The monoisotopic (exact) mass is 608 g/mol. The molecule has 212 valence electrons. The Hall–Kier alpha value is -3.38. The van der Waals surface area contributed by atoms with Crippen molar-refractivity contribution in [3.63, 3.8) is 0 Å². The van der Waals surface area contributed by atoms with Gasteiger partial charge in [-0.3, -0.25) is 9.59 Å². The van der Waals surface area contributed by atoms with Gasteiger partial charge < -0.3 is 20.6 Å². The van der Waals surface area contributed by atoms with E-state index >= 15 is 0 Å². The summed E-state index contributed by atoms with van der Waals surface area (Å²) >= 11 is 3.52. The first-order valence-corrected chi connectivity index (χ1v) is 14.9. The Kier molecular flexibility index (Phi) is 10.6. The number of halogens is 1. The van der Waals surface area contributed by atoms with E-state index in [2.05, 4.69) is 32.6 Å². The number of nitriles is 1. The first kappa shape index (κ1) is 29.6. The van der Waals surface area contributed by atoms with Gasteiger partial charge in [0.05, 0.1) is 17.6 Å². The predicted molar refractivity (Wildman–Crippen MR) is 156 cm³/mol. The van der Waals surface area contributed by atoms with Crippen molar-refractivity contribution >= 4 is 33.8 Å². The summed E-state index contributed by atoms with van der Waals surface area (Å²) in [5.41, 5.74) is 2.35. The molecule has 3 N–H and O–H groups in total. The Bertz CT molecular complexity index is 1210. The van der Waals surface area contributed by atoms with E-state index < -0.39 is 18.1 Å². The van der Waals surface area contributed by atoms with Crippen LogP contribution >= 0.6 is 15.9 Å². The molecule has 4 rings (SSSR count). The number of hydrogen-bond donors (Lipinski definition) is 3. The molecular formula is C31H37BrN4O4. The molecule has 8 nitrogen and oxygen atoms in total. The van der Waals surface area contributed by atoms with Gasteiger partial charge in [-0.15, -0.1) is 0 Å². The highest BCUT2D eigenvalue weighted by Crippen LogP contribution is 2.29. The van der Waals surface area contributed by atoms with E-state index in [9.17, 15) is 19.5 Å². The molecule has 1 unspecified atom stereocenters. The molecule has 2 atom stereocenters. The summed E-state index contributed by atoms with van der Waals surface area (Å²) < 4.78 is 0.873. The van der Waals surface area contributed by atoms with Gasteiger partial charge in [-0.25, -0.2) is 4.79 Å². The molecule has 0 aromatic heterocycles. The Morgan fingerprint density at radius 3 is 2.33 bits per heavy atom. The molecule has 0 bridgehead atoms. The van der Waals surface area contributed by atoms with Gasteiger partial charge in [-0.05, 0) is 79.3 Å². The minimum atomic E-state index is -0.899. The Labute approximate surface area is 244 Å². The minimum absolute atomic E-state index is 0.0737. The van der Waals surface area contributed by atoms with Gasteiger partial charge in [0.1, 0.15) is 6.04 Å². The molecule has 1 saturated carbocycles. The lowest BCUT2D eigenvalue weighted by Gasteiger charge is -2.33. The molecule has 2 aliphatic rings. The topological polar surface area (TPSA) is 123 Å². The third-order valence-corrected chi connectivity index (χ3v) is 8.74. The Morgan fingerprint density at radius 2 is 1.70 bits per heavy atom. The van der Waals surface area contributed by atoms with E-state index in [1.807, 2.05) is 36.4 Å². The number of carbonyl (C=O) groups excluding carboxylic acids is 2. The van der Waals surface area contributed by atoms with Crippen molar-refractivity contribution in [2.45, 2.75) is 63.3 Å². The highest BCUT2D eigenvalue weighted by molar-refractivity contribution is 9.10. The summed E-state index contributed by atoms with van der Waals surface area (Å²) in [4.78, 5) is 40.1. The van der Waals surface area contributed by atoms with Gasteiger partial charge in [0.15, 0.2) is 0 Å². The van der Waals surface area contributed by atoms with Gasteiger partial charge in [-0.1, -0.05) is 59.5 Å². The summed E-state index contributed by atoms with van der Waals surface area (Å²) in [7, 11) is 0. The van der Waals surface area contributed by atoms with Gasteiger partial charge in [-0.2, -0.15) is 5.26 Å². The highest BCUT2D eigenvalue weighted by atomic mass is 79.9. The van der Waals surface area contributed by atoms with Crippen molar-refractivity contribution in [3.05, 3.63) is 69.7 Å². The third-order valence-electron chi connectivity index (χ3n) is 8.24. The van der Waals surface area contributed by atoms with E-state index in [-0.39, 0.29) is 23.7 Å². The van der Waals surface area contributed by atoms with Crippen LogP contribution in [0.1, 0.15) is 67.6 Å². The molecule has 0 radical (unpaired) electrons. The molecule has 1 heterocycles. The molecule has 40 heavy (non-hydrogen) atoms. The van der Waals surface area contributed by atoms with Crippen LogP contribution in [0.25, 0.3) is 0 Å². The van der Waals surface area contributed by atoms with Crippen LogP contribution in [0.4, 0.5) is 4.79 Å². The number of carboxylic acid groups (broad SMARTS) is 1. The maximum Gasteiger partial charge on any atom is 0.407 e.